The van der Waals surface area contributed by atoms with Crippen molar-refractivity contribution < 1.29 is 18.7 Å². The van der Waals surface area contributed by atoms with Gasteiger partial charge >= 0.3 is 0 Å². The van der Waals surface area contributed by atoms with Gasteiger partial charge in [0, 0.05) is 29.6 Å². The van der Waals surface area contributed by atoms with Gasteiger partial charge in [0.2, 0.25) is 11.8 Å². The van der Waals surface area contributed by atoms with E-state index >= 15 is 0 Å². The first-order valence-corrected chi connectivity index (χ1v) is 11.9. The lowest BCUT2D eigenvalue weighted by atomic mass is 10.0. The van der Waals surface area contributed by atoms with Gasteiger partial charge in [0.05, 0.1) is 13.5 Å². The van der Waals surface area contributed by atoms with Crippen molar-refractivity contribution in [3.05, 3.63) is 100 Å². The van der Waals surface area contributed by atoms with Crippen LogP contribution in [0.1, 0.15) is 30.5 Å². The second-order valence-corrected chi connectivity index (χ2v) is 9.03. The monoisotopic (exact) mass is 496 g/mol. The van der Waals surface area contributed by atoms with Crippen LogP contribution in [0.25, 0.3) is 0 Å². The van der Waals surface area contributed by atoms with E-state index in [9.17, 15) is 14.0 Å². The number of hydrogen-bond donors (Lipinski definition) is 1. The highest BCUT2D eigenvalue weighted by molar-refractivity contribution is 6.31. The van der Waals surface area contributed by atoms with Gasteiger partial charge in [-0.1, -0.05) is 60.1 Å². The second kappa shape index (κ2) is 12.4. The normalized spacial score (nSPS) is 11.7. The number of carbonyl (C=O) groups excluding carboxylic acids is 2. The Bertz CT molecular complexity index is 1130. The number of nitrogens with zero attached hydrogens (tertiary/aromatic N) is 1. The van der Waals surface area contributed by atoms with E-state index in [0.717, 1.165) is 11.1 Å². The zero-order valence-corrected chi connectivity index (χ0v) is 20.9. The summed E-state index contributed by atoms with van der Waals surface area (Å²) >= 11 is 6.21. The Morgan fingerprint density at radius 1 is 1.00 bits per heavy atom. The van der Waals surface area contributed by atoms with Crippen LogP contribution in [0.2, 0.25) is 5.02 Å². The molecule has 0 aliphatic carbocycles. The van der Waals surface area contributed by atoms with Gasteiger partial charge in [-0.2, -0.15) is 0 Å². The van der Waals surface area contributed by atoms with Gasteiger partial charge in [0.1, 0.15) is 17.6 Å². The van der Waals surface area contributed by atoms with E-state index in [1.54, 1.807) is 13.2 Å². The molecule has 0 heterocycles. The van der Waals surface area contributed by atoms with Crippen molar-refractivity contribution in [3.63, 3.8) is 0 Å². The third-order valence-corrected chi connectivity index (χ3v) is 5.93. The third kappa shape index (κ3) is 7.30. The molecule has 1 atom stereocenters. The van der Waals surface area contributed by atoms with E-state index in [4.69, 9.17) is 16.3 Å². The van der Waals surface area contributed by atoms with Crippen molar-refractivity contribution in [1.29, 1.82) is 0 Å². The summed E-state index contributed by atoms with van der Waals surface area (Å²) in [5.41, 5.74) is 1.80. The molecule has 0 saturated heterocycles. The van der Waals surface area contributed by atoms with Crippen molar-refractivity contribution in [3.8, 4) is 5.75 Å². The fourth-order valence-electron chi connectivity index (χ4n) is 3.86. The molecule has 3 aromatic rings. The maximum absolute atomic E-state index is 14.5. The molecule has 3 aromatic carbocycles. The van der Waals surface area contributed by atoms with Gasteiger partial charge in [-0.05, 0) is 49.2 Å². The maximum Gasteiger partial charge on any atom is 0.243 e. The maximum atomic E-state index is 14.5. The molecule has 184 valence electrons. The van der Waals surface area contributed by atoms with Crippen LogP contribution in [0.3, 0.4) is 0 Å². The molecule has 3 rings (SSSR count). The minimum Gasteiger partial charge on any atom is -0.497 e. The van der Waals surface area contributed by atoms with Crippen LogP contribution in [0.5, 0.6) is 5.75 Å². The highest BCUT2D eigenvalue weighted by Gasteiger charge is 2.31. The SMILES string of the molecule is COc1cccc(CN(C(=O)Cc2c(F)cccc2Cl)C(Cc2ccccc2)C(=O)NC(C)C)c1. The molecular formula is C28H30ClFN2O3. The first kappa shape index (κ1) is 26.2. The van der Waals surface area contributed by atoms with Crippen LogP contribution in [-0.2, 0) is 29.0 Å². The predicted molar refractivity (Wildman–Crippen MR) is 136 cm³/mol. The summed E-state index contributed by atoms with van der Waals surface area (Å²) in [7, 11) is 1.57. The number of halogens is 2. The third-order valence-electron chi connectivity index (χ3n) is 5.58. The number of methoxy groups -OCH3 is 1. The molecule has 35 heavy (non-hydrogen) atoms. The molecule has 7 heteroatoms. The minimum absolute atomic E-state index is 0.109. The first-order chi connectivity index (χ1) is 16.8. The largest absolute Gasteiger partial charge is 0.497 e. The summed E-state index contributed by atoms with van der Waals surface area (Å²) in [5, 5.41) is 3.11. The average Bonchev–Trinajstić information content (AvgIpc) is 2.84. The van der Waals surface area contributed by atoms with Crippen LogP contribution in [0.4, 0.5) is 4.39 Å². The van der Waals surface area contributed by atoms with E-state index in [-0.39, 0.29) is 35.5 Å². The Balaban J connectivity index is 2.02. The summed E-state index contributed by atoms with van der Waals surface area (Å²) in [5.74, 6) is -0.601. The van der Waals surface area contributed by atoms with Crippen LogP contribution >= 0.6 is 11.6 Å². The zero-order valence-electron chi connectivity index (χ0n) is 20.1. The Kier molecular flexibility index (Phi) is 9.26. The molecule has 1 unspecified atom stereocenters. The second-order valence-electron chi connectivity index (χ2n) is 8.62. The molecule has 0 fully saturated rings. The number of carbonyl (C=O) groups is 2. The van der Waals surface area contributed by atoms with Crippen LogP contribution in [0, 0.1) is 5.82 Å². The summed E-state index contributed by atoms with van der Waals surface area (Å²) in [6.07, 6.45) is 0.0375. The Morgan fingerprint density at radius 2 is 1.69 bits per heavy atom. The molecule has 2 amide bonds. The molecule has 5 nitrogen and oxygen atoms in total. The summed E-state index contributed by atoms with van der Waals surface area (Å²) in [6, 6.07) is 20.2. The highest BCUT2D eigenvalue weighted by Crippen LogP contribution is 2.23. The molecule has 0 aliphatic rings. The van der Waals surface area contributed by atoms with E-state index in [1.165, 1.54) is 17.0 Å². The van der Waals surface area contributed by atoms with Gasteiger partial charge in [0.15, 0.2) is 0 Å². The van der Waals surface area contributed by atoms with Crippen molar-refractivity contribution in [2.45, 2.75) is 45.3 Å². The first-order valence-electron chi connectivity index (χ1n) is 11.5. The lowest BCUT2D eigenvalue weighted by molar-refractivity contribution is -0.141. The number of ether oxygens (including phenoxy) is 1. The van der Waals surface area contributed by atoms with Crippen molar-refractivity contribution >= 4 is 23.4 Å². The number of benzene rings is 3. The fraction of sp³-hybridized carbons (Fsp3) is 0.286. The van der Waals surface area contributed by atoms with E-state index in [2.05, 4.69) is 5.32 Å². The molecule has 0 saturated carbocycles. The minimum atomic E-state index is -0.816. The van der Waals surface area contributed by atoms with Gasteiger partial charge in [-0.25, -0.2) is 4.39 Å². The summed E-state index contributed by atoms with van der Waals surface area (Å²) in [4.78, 5) is 28.6. The standard InChI is InChI=1S/C28H30ClFN2O3/c1-19(2)31-28(34)26(16-20-9-5-4-6-10-20)32(18-21-11-7-12-22(15-21)35-3)27(33)17-23-24(29)13-8-14-25(23)30/h4-15,19,26H,16-18H2,1-3H3,(H,31,34). The Morgan fingerprint density at radius 3 is 2.34 bits per heavy atom. The van der Waals surface area contributed by atoms with Gasteiger partial charge in [-0.3, -0.25) is 9.59 Å². The molecular weight excluding hydrogens is 467 g/mol. The molecule has 0 aliphatic heterocycles. The number of nitrogens with one attached hydrogen (secondary N) is 1. The summed E-state index contributed by atoms with van der Waals surface area (Å²) in [6.45, 7) is 3.88. The van der Waals surface area contributed by atoms with Crippen molar-refractivity contribution in [2.24, 2.45) is 0 Å². The van der Waals surface area contributed by atoms with E-state index < -0.39 is 17.8 Å². The Labute approximate surface area is 210 Å². The zero-order chi connectivity index (χ0) is 25.4. The fourth-order valence-corrected chi connectivity index (χ4v) is 4.09. The highest BCUT2D eigenvalue weighted by atomic mass is 35.5. The van der Waals surface area contributed by atoms with E-state index in [1.807, 2.05) is 68.4 Å². The molecule has 0 aromatic heterocycles. The Hall–Kier alpha value is -3.38. The molecule has 0 spiro atoms. The quantitative estimate of drug-likeness (QED) is 0.420. The van der Waals surface area contributed by atoms with Gasteiger partial charge in [-0.15, -0.1) is 0 Å². The predicted octanol–water partition coefficient (Wildman–Crippen LogP) is 5.19. The van der Waals surface area contributed by atoms with Crippen molar-refractivity contribution in [1.82, 2.24) is 10.2 Å². The number of hydrogen-bond acceptors (Lipinski definition) is 3. The van der Waals surface area contributed by atoms with Crippen LogP contribution in [0.15, 0.2) is 72.8 Å². The summed E-state index contributed by atoms with van der Waals surface area (Å²) < 4.78 is 19.9. The van der Waals surface area contributed by atoms with Crippen LogP contribution in [-0.4, -0.2) is 35.9 Å². The van der Waals surface area contributed by atoms with Gasteiger partial charge in [0.25, 0.3) is 0 Å². The number of rotatable bonds is 10. The van der Waals surface area contributed by atoms with Crippen LogP contribution < -0.4 is 10.1 Å². The molecule has 0 bridgehead atoms. The lowest BCUT2D eigenvalue weighted by Crippen LogP contribution is -2.52. The van der Waals surface area contributed by atoms with E-state index in [0.29, 0.717) is 12.2 Å². The molecule has 1 N–H and O–H groups in total. The topological polar surface area (TPSA) is 58.6 Å². The average molecular weight is 497 g/mol. The van der Waals surface area contributed by atoms with Gasteiger partial charge < -0.3 is 15.0 Å². The lowest BCUT2D eigenvalue weighted by Gasteiger charge is -2.32. The molecule has 0 radical (unpaired) electrons. The number of amides is 2. The van der Waals surface area contributed by atoms with Crippen molar-refractivity contribution in [2.75, 3.05) is 7.11 Å². The smallest absolute Gasteiger partial charge is 0.243 e.